The highest BCUT2D eigenvalue weighted by Crippen LogP contribution is 2.37. The van der Waals surface area contributed by atoms with Gasteiger partial charge >= 0.3 is 6.03 Å². The Morgan fingerprint density at radius 1 is 1.21 bits per heavy atom. The number of methoxy groups -OCH3 is 1. The third kappa shape index (κ3) is 4.60. The molecule has 0 spiro atoms. The quantitative estimate of drug-likeness (QED) is 0.418. The van der Waals surface area contributed by atoms with E-state index in [1.807, 2.05) is 31.2 Å². The van der Waals surface area contributed by atoms with Crippen LogP contribution in [0.4, 0.5) is 4.79 Å². The van der Waals surface area contributed by atoms with E-state index in [2.05, 4.69) is 11.9 Å². The van der Waals surface area contributed by atoms with Crippen molar-refractivity contribution in [3.8, 4) is 11.5 Å². The van der Waals surface area contributed by atoms with Crippen LogP contribution in [0.25, 0.3) is 6.08 Å². The standard InChI is InChI=1S/C22H21ClN2O4/c1-4-9-25-21(26)18(24-22(25)27)11-16-10-17(23)20(19(12-16)28-3)29-13-15-7-5-14(2)6-8-15/h4-8,10-12H,1,9,13H2,2-3H3,(H,24,27)/b18-11+. The Bertz CT molecular complexity index is 983. The summed E-state index contributed by atoms with van der Waals surface area (Å²) in [5.41, 5.74) is 2.92. The molecule has 0 bridgehead atoms. The number of nitrogens with one attached hydrogen (secondary N) is 1. The van der Waals surface area contributed by atoms with Crippen molar-refractivity contribution in [1.82, 2.24) is 10.2 Å². The van der Waals surface area contributed by atoms with Crippen LogP contribution in [0.5, 0.6) is 11.5 Å². The van der Waals surface area contributed by atoms with E-state index < -0.39 is 11.9 Å². The highest BCUT2D eigenvalue weighted by Gasteiger charge is 2.32. The molecular weight excluding hydrogens is 392 g/mol. The van der Waals surface area contributed by atoms with Crippen molar-refractivity contribution in [3.05, 3.63) is 76.5 Å². The van der Waals surface area contributed by atoms with Crippen LogP contribution in [0.1, 0.15) is 16.7 Å². The second-order valence-electron chi connectivity index (χ2n) is 6.50. The predicted molar refractivity (Wildman–Crippen MR) is 112 cm³/mol. The van der Waals surface area contributed by atoms with Gasteiger partial charge in [-0.2, -0.15) is 0 Å². The largest absolute Gasteiger partial charge is 0.493 e. The minimum absolute atomic E-state index is 0.137. The lowest BCUT2D eigenvalue weighted by molar-refractivity contribution is -0.122. The smallest absolute Gasteiger partial charge is 0.329 e. The molecule has 1 aliphatic heterocycles. The molecule has 6 nitrogen and oxygen atoms in total. The monoisotopic (exact) mass is 412 g/mol. The maximum atomic E-state index is 12.3. The first kappa shape index (κ1) is 20.5. The van der Waals surface area contributed by atoms with Crippen molar-refractivity contribution in [2.45, 2.75) is 13.5 Å². The summed E-state index contributed by atoms with van der Waals surface area (Å²) >= 11 is 6.40. The Labute approximate surface area is 174 Å². The van der Waals surface area contributed by atoms with Crippen LogP contribution in [0.2, 0.25) is 5.02 Å². The molecule has 0 aliphatic carbocycles. The molecule has 1 saturated heterocycles. The van der Waals surface area contributed by atoms with E-state index in [9.17, 15) is 9.59 Å². The molecule has 1 heterocycles. The topological polar surface area (TPSA) is 67.9 Å². The molecule has 3 rings (SSSR count). The summed E-state index contributed by atoms with van der Waals surface area (Å²) in [5.74, 6) is 0.410. The third-order valence-corrected chi connectivity index (χ3v) is 4.62. The van der Waals surface area contributed by atoms with E-state index in [0.29, 0.717) is 28.7 Å². The van der Waals surface area contributed by atoms with Crippen LogP contribution in [-0.2, 0) is 11.4 Å². The molecule has 1 fully saturated rings. The zero-order valence-corrected chi connectivity index (χ0v) is 17.0. The second-order valence-corrected chi connectivity index (χ2v) is 6.91. The van der Waals surface area contributed by atoms with Gasteiger partial charge in [-0.1, -0.05) is 47.5 Å². The lowest BCUT2D eigenvalue weighted by Crippen LogP contribution is -2.30. The van der Waals surface area contributed by atoms with E-state index in [0.717, 1.165) is 10.5 Å². The lowest BCUT2D eigenvalue weighted by atomic mass is 10.1. The number of benzene rings is 2. The fourth-order valence-corrected chi connectivity index (χ4v) is 3.11. The molecule has 7 heteroatoms. The van der Waals surface area contributed by atoms with Crippen molar-refractivity contribution in [3.63, 3.8) is 0 Å². The Morgan fingerprint density at radius 3 is 2.59 bits per heavy atom. The first-order valence-corrected chi connectivity index (χ1v) is 9.32. The Morgan fingerprint density at radius 2 is 1.93 bits per heavy atom. The summed E-state index contributed by atoms with van der Waals surface area (Å²) in [6.07, 6.45) is 3.03. The molecule has 29 heavy (non-hydrogen) atoms. The fraction of sp³-hybridized carbons (Fsp3) is 0.182. The molecule has 1 aliphatic rings. The summed E-state index contributed by atoms with van der Waals surface area (Å²) < 4.78 is 11.3. The van der Waals surface area contributed by atoms with Gasteiger partial charge < -0.3 is 14.8 Å². The van der Waals surface area contributed by atoms with Crippen LogP contribution < -0.4 is 14.8 Å². The second kappa shape index (κ2) is 8.84. The number of ether oxygens (including phenoxy) is 2. The molecular formula is C22H21ClN2O4. The summed E-state index contributed by atoms with van der Waals surface area (Å²) in [4.78, 5) is 25.3. The number of amides is 3. The average molecular weight is 413 g/mol. The number of halogens is 1. The molecule has 1 N–H and O–H groups in total. The maximum Gasteiger partial charge on any atom is 0.329 e. The Kier molecular flexibility index (Phi) is 6.24. The van der Waals surface area contributed by atoms with E-state index in [4.69, 9.17) is 21.1 Å². The predicted octanol–water partition coefficient (Wildman–Crippen LogP) is 4.31. The van der Waals surface area contributed by atoms with Gasteiger partial charge in [0.1, 0.15) is 12.3 Å². The van der Waals surface area contributed by atoms with Gasteiger partial charge in [0.25, 0.3) is 5.91 Å². The fourth-order valence-electron chi connectivity index (χ4n) is 2.84. The zero-order valence-electron chi connectivity index (χ0n) is 16.2. The molecule has 3 amide bonds. The minimum atomic E-state index is -0.489. The van der Waals surface area contributed by atoms with Crippen molar-refractivity contribution >= 4 is 29.6 Å². The SMILES string of the molecule is C=CCN1C(=O)N/C(=C/c2cc(Cl)c(OCc3ccc(C)cc3)c(OC)c2)C1=O. The summed E-state index contributed by atoms with van der Waals surface area (Å²) in [5, 5.41) is 2.88. The first-order chi connectivity index (χ1) is 13.9. The van der Waals surface area contributed by atoms with Gasteiger partial charge in [0, 0.05) is 6.54 Å². The molecule has 0 unspecified atom stereocenters. The maximum absolute atomic E-state index is 12.3. The molecule has 0 saturated carbocycles. The van der Waals surface area contributed by atoms with Gasteiger partial charge in [-0.25, -0.2) is 4.79 Å². The van der Waals surface area contributed by atoms with Crippen LogP contribution in [-0.4, -0.2) is 30.5 Å². The van der Waals surface area contributed by atoms with E-state index >= 15 is 0 Å². The summed E-state index contributed by atoms with van der Waals surface area (Å²) in [7, 11) is 1.51. The van der Waals surface area contributed by atoms with Gasteiger partial charge in [-0.3, -0.25) is 9.69 Å². The van der Waals surface area contributed by atoms with E-state index in [1.165, 1.54) is 18.7 Å². The van der Waals surface area contributed by atoms with Gasteiger partial charge in [0.05, 0.1) is 12.1 Å². The van der Waals surface area contributed by atoms with Crippen molar-refractivity contribution < 1.29 is 19.1 Å². The molecule has 2 aromatic carbocycles. The first-order valence-electron chi connectivity index (χ1n) is 8.94. The van der Waals surface area contributed by atoms with Crippen LogP contribution in [0.3, 0.4) is 0 Å². The number of urea groups is 1. The van der Waals surface area contributed by atoms with Crippen molar-refractivity contribution in [2.75, 3.05) is 13.7 Å². The van der Waals surface area contributed by atoms with Crippen LogP contribution in [0.15, 0.2) is 54.8 Å². The number of aryl methyl sites for hydroxylation is 1. The van der Waals surface area contributed by atoms with Crippen LogP contribution >= 0.6 is 11.6 Å². The van der Waals surface area contributed by atoms with Gasteiger partial charge in [-0.05, 0) is 36.3 Å². The number of carbonyl (C=O) groups excluding carboxylic acids is 2. The number of imide groups is 1. The van der Waals surface area contributed by atoms with Crippen molar-refractivity contribution in [1.29, 1.82) is 0 Å². The van der Waals surface area contributed by atoms with E-state index in [1.54, 1.807) is 18.2 Å². The summed E-state index contributed by atoms with van der Waals surface area (Å²) in [6.45, 7) is 6.04. The number of hydrogen-bond acceptors (Lipinski definition) is 4. The van der Waals surface area contributed by atoms with Crippen LogP contribution in [0, 0.1) is 6.92 Å². The highest BCUT2D eigenvalue weighted by atomic mass is 35.5. The number of hydrogen-bond donors (Lipinski definition) is 1. The number of rotatable bonds is 7. The van der Waals surface area contributed by atoms with Gasteiger partial charge in [0.15, 0.2) is 11.5 Å². The Balaban J connectivity index is 1.83. The third-order valence-electron chi connectivity index (χ3n) is 4.34. The lowest BCUT2D eigenvalue weighted by Gasteiger charge is -2.14. The molecule has 0 radical (unpaired) electrons. The molecule has 2 aromatic rings. The average Bonchev–Trinajstić information content (AvgIpc) is 2.96. The summed E-state index contributed by atoms with van der Waals surface area (Å²) in [6, 6.07) is 10.8. The van der Waals surface area contributed by atoms with E-state index in [-0.39, 0.29) is 12.2 Å². The molecule has 0 aromatic heterocycles. The van der Waals surface area contributed by atoms with Gasteiger partial charge in [0.2, 0.25) is 0 Å². The van der Waals surface area contributed by atoms with Gasteiger partial charge in [-0.15, -0.1) is 6.58 Å². The highest BCUT2D eigenvalue weighted by molar-refractivity contribution is 6.32. The zero-order chi connectivity index (χ0) is 21.0. The molecule has 150 valence electrons. The minimum Gasteiger partial charge on any atom is -0.493 e. The Hall–Kier alpha value is -3.25. The number of carbonyl (C=O) groups is 2. The van der Waals surface area contributed by atoms with Crippen molar-refractivity contribution in [2.24, 2.45) is 0 Å². The number of nitrogens with zero attached hydrogens (tertiary/aromatic N) is 1. The normalized spacial score (nSPS) is 14.9. The molecule has 0 atom stereocenters.